The third-order valence-electron chi connectivity index (χ3n) is 7.45. The number of sulfonamides is 1. The lowest BCUT2D eigenvalue weighted by molar-refractivity contribution is -0.0426. The number of hydrogen-bond acceptors (Lipinski definition) is 7. The minimum absolute atomic E-state index is 0.0172. The second-order valence-corrected chi connectivity index (χ2v) is 13.6. The molecule has 2 aliphatic heterocycles. The number of ether oxygens (including phenoxy) is 1. The van der Waals surface area contributed by atoms with Crippen LogP contribution in [0.3, 0.4) is 0 Å². The number of benzene rings is 2. The van der Waals surface area contributed by atoms with E-state index in [1.165, 1.54) is 24.4 Å². The summed E-state index contributed by atoms with van der Waals surface area (Å²) in [4.78, 5) is 30.3. The Morgan fingerprint density at radius 3 is 2.54 bits per heavy atom. The van der Waals surface area contributed by atoms with Crippen molar-refractivity contribution in [3.63, 3.8) is 0 Å². The fourth-order valence-corrected chi connectivity index (χ4v) is 7.20. The number of fused-ring (bicyclic) bond motifs is 1. The number of aromatic nitrogens is 1. The lowest BCUT2D eigenvalue weighted by atomic mass is 10.0. The molecule has 0 atom stereocenters. The minimum Gasteiger partial charge on any atom is -0.490 e. The third kappa shape index (κ3) is 6.71. The molecule has 3 aromatic rings. The van der Waals surface area contributed by atoms with Gasteiger partial charge in [0.2, 0.25) is 10.0 Å². The van der Waals surface area contributed by atoms with Crippen LogP contribution in [0.1, 0.15) is 36.5 Å². The molecule has 0 saturated carbocycles. The van der Waals surface area contributed by atoms with Gasteiger partial charge in [-0.2, -0.15) is 4.31 Å². The summed E-state index contributed by atoms with van der Waals surface area (Å²) in [6.45, 7) is 4.55. The number of amides is 1. The number of nitrogens with zero attached hydrogens (tertiary/aromatic N) is 2. The maximum Gasteiger partial charge on any atom is 0.255 e. The number of carbonyl (C=O) groups is 1. The van der Waals surface area contributed by atoms with Gasteiger partial charge in [-0.25, -0.2) is 8.42 Å². The monoisotopic (exact) mass is 622 g/mol. The quantitative estimate of drug-likeness (QED) is 0.312. The zero-order valence-electron chi connectivity index (χ0n) is 22.5. The van der Waals surface area contributed by atoms with Crippen LogP contribution in [0.15, 0.2) is 52.3 Å². The van der Waals surface area contributed by atoms with Crippen LogP contribution >= 0.6 is 23.2 Å². The van der Waals surface area contributed by atoms with E-state index >= 15 is 0 Å². The summed E-state index contributed by atoms with van der Waals surface area (Å²) in [6.07, 6.45) is 3.95. The first-order valence-corrected chi connectivity index (χ1v) is 15.6. The Morgan fingerprint density at radius 1 is 1.12 bits per heavy atom. The molecule has 3 heterocycles. The highest BCUT2D eigenvalue weighted by atomic mass is 35.5. The Kier molecular flexibility index (Phi) is 8.66. The van der Waals surface area contributed by atoms with Crippen LogP contribution in [-0.2, 0) is 10.0 Å². The number of aliphatic hydroxyl groups is 1. The Labute approximate surface area is 248 Å². The minimum atomic E-state index is -3.87. The molecule has 2 aliphatic rings. The topological polar surface area (TPSA) is 132 Å². The maximum atomic E-state index is 13.0. The fraction of sp³-hybridized carbons (Fsp3) is 0.429. The summed E-state index contributed by atoms with van der Waals surface area (Å²) in [6, 6.07) is 9.41. The van der Waals surface area contributed by atoms with E-state index in [4.69, 9.17) is 27.9 Å². The second kappa shape index (κ2) is 11.9. The lowest BCUT2D eigenvalue weighted by Crippen LogP contribution is -2.61. The first-order chi connectivity index (χ1) is 19.4. The van der Waals surface area contributed by atoms with E-state index in [2.05, 4.69) is 15.2 Å². The van der Waals surface area contributed by atoms with E-state index in [1.54, 1.807) is 19.1 Å². The Balaban J connectivity index is 1.12. The zero-order valence-corrected chi connectivity index (χ0v) is 24.9. The molecule has 41 heavy (non-hydrogen) atoms. The van der Waals surface area contributed by atoms with Crippen LogP contribution in [0.5, 0.6) is 5.75 Å². The molecule has 2 aromatic carbocycles. The van der Waals surface area contributed by atoms with Crippen molar-refractivity contribution in [2.45, 2.75) is 42.8 Å². The highest BCUT2D eigenvalue weighted by Gasteiger charge is 2.44. The Morgan fingerprint density at radius 2 is 1.85 bits per heavy atom. The van der Waals surface area contributed by atoms with Crippen molar-refractivity contribution in [1.29, 1.82) is 0 Å². The van der Waals surface area contributed by atoms with Gasteiger partial charge in [-0.3, -0.25) is 9.59 Å². The third-order valence-corrected chi connectivity index (χ3v) is 9.98. The summed E-state index contributed by atoms with van der Waals surface area (Å²) in [7, 11) is -3.87. The zero-order chi connectivity index (χ0) is 29.4. The van der Waals surface area contributed by atoms with Crippen LogP contribution in [0.2, 0.25) is 10.0 Å². The predicted molar refractivity (Wildman–Crippen MR) is 157 cm³/mol. The van der Waals surface area contributed by atoms with Gasteiger partial charge in [-0.1, -0.05) is 29.3 Å². The Hall–Kier alpha value is -2.67. The number of likely N-dealkylation sites (tertiary alicyclic amines) is 1. The molecule has 3 N–H and O–H groups in total. The van der Waals surface area contributed by atoms with Crippen LogP contribution in [-0.4, -0.2) is 84.6 Å². The highest BCUT2D eigenvalue weighted by molar-refractivity contribution is 7.89. The summed E-state index contributed by atoms with van der Waals surface area (Å²) in [5.41, 5.74) is -1.29. The summed E-state index contributed by atoms with van der Waals surface area (Å²) in [5, 5.41) is 14.3. The number of piperidine rings is 1. The van der Waals surface area contributed by atoms with E-state index < -0.39 is 21.2 Å². The van der Waals surface area contributed by atoms with E-state index in [0.29, 0.717) is 27.7 Å². The van der Waals surface area contributed by atoms with Crippen molar-refractivity contribution in [3.8, 4) is 5.75 Å². The molecule has 1 amide bonds. The average Bonchev–Trinajstić information content (AvgIpc) is 2.92. The van der Waals surface area contributed by atoms with Crippen LogP contribution in [0.4, 0.5) is 0 Å². The second-order valence-electron chi connectivity index (χ2n) is 10.9. The van der Waals surface area contributed by atoms with Gasteiger partial charge in [-0.15, -0.1) is 0 Å². The molecular weight excluding hydrogens is 591 g/mol. The van der Waals surface area contributed by atoms with Crippen molar-refractivity contribution in [1.82, 2.24) is 19.5 Å². The molecule has 10 nitrogen and oxygen atoms in total. The summed E-state index contributed by atoms with van der Waals surface area (Å²) < 4.78 is 33.0. The molecular formula is C28H32Cl2N4O6S. The Bertz CT molecular complexity index is 1610. The van der Waals surface area contributed by atoms with Gasteiger partial charge in [0.05, 0.1) is 26.1 Å². The SMILES string of the molecule is CC1(O)CN(S(=O)(=O)c2ccc3c(C(=O)NCCCN4CCC(Oc5ccc(Cl)c(Cl)c5)CC4)c[nH]c(=O)c3c2)C1. The number of pyridine rings is 1. The van der Waals surface area contributed by atoms with Gasteiger partial charge >= 0.3 is 0 Å². The van der Waals surface area contributed by atoms with Crippen LogP contribution in [0, 0.1) is 0 Å². The number of hydrogen-bond donors (Lipinski definition) is 3. The number of aromatic amines is 1. The average molecular weight is 624 g/mol. The number of nitrogens with one attached hydrogen (secondary N) is 2. The van der Waals surface area contributed by atoms with Gasteiger partial charge in [-0.05, 0) is 57.0 Å². The molecule has 2 fully saturated rings. The first-order valence-electron chi connectivity index (χ1n) is 13.4. The molecule has 2 saturated heterocycles. The van der Waals surface area contributed by atoms with Gasteiger partial charge in [0.25, 0.3) is 11.5 Å². The number of β-amino-alcohol motifs (C(OH)–C–C–N with tert-alkyl or cyclic N) is 1. The molecule has 0 spiro atoms. The molecule has 220 valence electrons. The van der Waals surface area contributed by atoms with Crippen molar-refractivity contribution in [3.05, 3.63) is 68.6 Å². The molecule has 0 aliphatic carbocycles. The number of halogens is 2. The number of carbonyl (C=O) groups excluding carboxylic acids is 1. The van der Waals surface area contributed by atoms with E-state index in [-0.39, 0.29) is 40.9 Å². The fourth-order valence-electron chi connectivity index (χ4n) is 5.21. The summed E-state index contributed by atoms with van der Waals surface area (Å²) >= 11 is 12.0. The van der Waals surface area contributed by atoms with Gasteiger partial charge in [0.1, 0.15) is 11.9 Å². The predicted octanol–water partition coefficient (Wildman–Crippen LogP) is 3.25. The smallest absolute Gasteiger partial charge is 0.255 e. The maximum absolute atomic E-state index is 13.0. The molecule has 1 aromatic heterocycles. The molecule has 0 bridgehead atoms. The number of rotatable bonds is 9. The van der Waals surface area contributed by atoms with Gasteiger partial charge in [0, 0.05) is 55.8 Å². The van der Waals surface area contributed by atoms with Crippen LogP contribution < -0.4 is 15.6 Å². The first kappa shape index (κ1) is 29.8. The normalized spacial score (nSPS) is 18.2. The number of H-pyrrole nitrogens is 1. The van der Waals surface area contributed by atoms with Gasteiger partial charge in [0.15, 0.2) is 0 Å². The highest BCUT2D eigenvalue weighted by Crippen LogP contribution is 2.30. The van der Waals surface area contributed by atoms with Crippen molar-refractivity contribution in [2.75, 3.05) is 39.3 Å². The van der Waals surface area contributed by atoms with Crippen molar-refractivity contribution < 1.29 is 23.1 Å². The van der Waals surface area contributed by atoms with Crippen LogP contribution in [0.25, 0.3) is 10.8 Å². The standard InChI is InChI=1S/C28H32Cl2N4O6S/c1-28(37)16-34(17-28)41(38,39)20-4-5-21-22(14-20)26(35)32-15-23(21)27(36)31-9-2-10-33-11-7-18(8-12-33)40-19-3-6-24(29)25(30)13-19/h3-6,13-15,18,37H,2,7-12,16-17H2,1H3,(H,31,36)(H,32,35). The molecule has 0 radical (unpaired) electrons. The van der Waals surface area contributed by atoms with E-state index in [0.717, 1.165) is 43.2 Å². The largest absolute Gasteiger partial charge is 0.490 e. The van der Waals surface area contributed by atoms with Crippen molar-refractivity contribution in [2.24, 2.45) is 0 Å². The van der Waals surface area contributed by atoms with E-state index in [9.17, 15) is 23.1 Å². The van der Waals surface area contributed by atoms with Crippen molar-refractivity contribution >= 4 is 49.9 Å². The molecule has 0 unspecified atom stereocenters. The molecule has 5 rings (SSSR count). The summed E-state index contributed by atoms with van der Waals surface area (Å²) in [5.74, 6) is 0.355. The lowest BCUT2D eigenvalue weighted by Gasteiger charge is -2.42. The van der Waals surface area contributed by atoms with Gasteiger partial charge < -0.3 is 25.0 Å². The molecule has 13 heteroatoms. The van der Waals surface area contributed by atoms with E-state index in [1.807, 2.05) is 6.07 Å².